The van der Waals surface area contributed by atoms with Crippen molar-refractivity contribution in [2.24, 2.45) is 7.05 Å². The predicted molar refractivity (Wildman–Crippen MR) is 116 cm³/mol. The molecule has 0 spiro atoms. The molecule has 0 saturated carbocycles. The number of rotatable bonds is 6. The summed E-state index contributed by atoms with van der Waals surface area (Å²) in [6.07, 6.45) is -4.70. The fourth-order valence-electron chi connectivity index (χ4n) is 3.05. The van der Waals surface area contributed by atoms with Crippen molar-refractivity contribution < 1.29 is 22.7 Å². The van der Waals surface area contributed by atoms with Crippen molar-refractivity contribution in [1.29, 1.82) is 0 Å². The van der Waals surface area contributed by atoms with E-state index in [2.05, 4.69) is 15.5 Å². The van der Waals surface area contributed by atoms with Crippen LogP contribution >= 0.6 is 11.6 Å². The highest BCUT2D eigenvalue weighted by Gasteiger charge is 2.36. The maximum absolute atomic E-state index is 13.2. The van der Waals surface area contributed by atoms with Gasteiger partial charge in [-0.15, -0.1) is 0 Å². The molecule has 33 heavy (non-hydrogen) atoms. The van der Waals surface area contributed by atoms with Crippen LogP contribution in [0.1, 0.15) is 5.69 Å². The number of aryl methyl sites for hydroxylation is 1. The predicted octanol–water partition coefficient (Wildman–Crippen LogP) is 4.96. The number of aromatic nitrogens is 4. The van der Waals surface area contributed by atoms with E-state index in [0.29, 0.717) is 17.6 Å². The lowest BCUT2D eigenvalue weighted by atomic mass is 10.2. The molecular formula is C22H17ClF3N5O2. The van der Waals surface area contributed by atoms with Crippen LogP contribution in [-0.4, -0.2) is 32.1 Å². The van der Waals surface area contributed by atoms with Crippen LogP contribution in [0, 0.1) is 0 Å². The lowest BCUT2D eigenvalue weighted by Gasteiger charge is -2.10. The number of hydrogen-bond acceptors (Lipinski definition) is 4. The number of anilines is 1. The summed E-state index contributed by atoms with van der Waals surface area (Å²) in [4.78, 5) is 12.4. The Bertz CT molecular complexity index is 1280. The number of carbonyl (C=O) groups is 1. The first-order valence-electron chi connectivity index (χ1n) is 9.66. The summed E-state index contributed by atoms with van der Waals surface area (Å²) in [7, 11) is 1.66. The van der Waals surface area contributed by atoms with Crippen LogP contribution in [0.25, 0.3) is 16.9 Å². The number of alkyl halides is 3. The summed E-state index contributed by atoms with van der Waals surface area (Å²) < 4.78 is 47.4. The van der Waals surface area contributed by atoms with E-state index < -0.39 is 24.4 Å². The van der Waals surface area contributed by atoms with Crippen molar-refractivity contribution in [3.8, 4) is 22.8 Å². The van der Waals surface area contributed by atoms with Gasteiger partial charge in [0.2, 0.25) is 5.88 Å². The first-order valence-corrected chi connectivity index (χ1v) is 10.0. The molecule has 2 heterocycles. The topological polar surface area (TPSA) is 74.0 Å². The van der Waals surface area contributed by atoms with Crippen LogP contribution in [0.5, 0.6) is 5.88 Å². The standard InChI is InChI=1S/C22H17ClF3N5O2/c1-30-19(11-16(28-30)14-7-3-2-4-8-14)27-20(32)13-33-21-12-18(22(24,25)26)29-31(21)17-10-6-5-9-15(17)23/h2-12H,13H2,1H3,(H,27,32). The van der Waals surface area contributed by atoms with Gasteiger partial charge in [-0.05, 0) is 12.1 Å². The van der Waals surface area contributed by atoms with E-state index in [1.54, 1.807) is 25.2 Å². The van der Waals surface area contributed by atoms with Crippen LogP contribution < -0.4 is 10.1 Å². The van der Waals surface area contributed by atoms with Gasteiger partial charge in [-0.1, -0.05) is 54.1 Å². The second-order valence-corrected chi connectivity index (χ2v) is 7.38. The van der Waals surface area contributed by atoms with Gasteiger partial charge < -0.3 is 10.1 Å². The van der Waals surface area contributed by atoms with E-state index in [-0.39, 0.29) is 16.6 Å². The summed E-state index contributed by atoms with van der Waals surface area (Å²) in [6, 6.07) is 18.0. The second kappa shape index (κ2) is 8.99. The molecule has 2 aromatic heterocycles. The number of benzene rings is 2. The first kappa shape index (κ1) is 22.4. The van der Waals surface area contributed by atoms with E-state index in [4.69, 9.17) is 16.3 Å². The quantitative estimate of drug-likeness (QED) is 0.427. The number of amides is 1. The monoisotopic (exact) mass is 475 g/mol. The zero-order valence-electron chi connectivity index (χ0n) is 17.2. The summed E-state index contributed by atoms with van der Waals surface area (Å²) in [5.41, 5.74) is 0.537. The Morgan fingerprint density at radius 1 is 1.06 bits per heavy atom. The molecule has 0 aliphatic heterocycles. The Morgan fingerprint density at radius 3 is 2.45 bits per heavy atom. The number of nitrogens with zero attached hydrogens (tertiary/aromatic N) is 4. The second-order valence-electron chi connectivity index (χ2n) is 6.97. The Balaban J connectivity index is 1.51. The minimum absolute atomic E-state index is 0.173. The molecule has 0 bridgehead atoms. The van der Waals surface area contributed by atoms with Gasteiger partial charge in [0.1, 0.15) is 5.82 Å². The van der Waals surface area contributed by atoms with Crippen LogP contribution in [0.3, 0.4) is 0 Å². The Kier molecular flexibility index (Phi) is 6.10. The molecule has 11 heteroatoms. The van der Waals surface area contributed by atoms with Gasteiger partial charge in [0.25, 0.3) is 5.91 Å². The highest BCUT2D eigenvalue weighted by atomic mass is 35.5. The van der Waals surface area contributed by atoms with E-state index in [0.717, 1.165) is 10.2 Å². The Morgan fingerprint density at radius 2 is 1.76 bits per heavy atom. The summed E-state index contributed by atoms with van der Waals surface area (Å²) in [5, 5.41) is 10.7. The normalized spacial score (nSPS) is 11.4. The molecule has 0 aliphatic carbocycles. The fourth-order valence-corrected chi connectivity index (χ4v) is 3.27. The van der Waals surface area contributed by atoms with E-state index in [1.165, 1.54) is 16.8 Å². The molecule has 1 amide bonds. The molecule has 0 atom stereocenters. The molecule has 2 aromatic carbocycles. The SMILES string of the molecule is Cn1nc(-c2ccccc2)cc1NC(=O)COc1cc(C(F)(F)F)nn1-c1ccccc1Cl. The van der Waals surface area contributed by atoms with Crippen molar-refractivity contribution in [3.63, 3.8) is 0 Å². The number of hydrogen-bond donors (Lipinski definition) is 1. The lowest BCUT2D eigenvalue weighted by Crippen LogP contribution is -2.22. The highest BCUT2D eigenvalue weighted by Crippen LogP contribution is 2.33. The van der Waals surface area contributed by atoms with Crippen molar-refractivity contribution >= 4 is 23.3 Å². The van der Waals surface area contributed by atoms with Gasteiger partial charge in [0.05, 0.1) is 16.4 Å². The average Bonchev–Trinajstić information content (AvgIpc) is 3.37. The third-order valence-electron chi connectivity index (χ3n) is 4.62. The number of para-hydroxylation sites is 1. The van der Waals surface area contributed by atoms with Crippen LogP contribution in [0.4, 0.5) is 19.0 Å². The van der Waals surface area contributed by atoms with Gasteiger partial charge in [-0.3, -0.25) is 9.48 Å². The number of carbonyl (C=O) groups excluding carboxylic acids is 1. The molecule has 7 nitrogen and oxygen atoms in total. The molecule has 0 saturated heterocycles. The minimum Gasteiger partial charge on any atom is -0.467 e. The third-order valence-corrected chi connectivity index (χ3v) is 4.94. The Labute approximate surface area is 191 Å². The third kappa shape index (κ3) is 5.01. The average molecular weight is 476 g/mol. The van der Waals surface area contributed by atoms with E-state index >= 15 is 0 Å². The number of nitrogens with one attached hydrogen (secondary N) is 1. The first-order chi connectivity index (χ1) is 15.7. The summed E-state index contributed by atoms with van der Waals surface area (Å²) in [6.45, 7) is -0.556. The van der Waals surface area contributed by atoms with Crippen LogP contribution in [0.2, 0.25) is 5.02 Å². The van der Waals surface area contributed by atoms with E-state index in [1.807, 2.05) is 30.3 Å². The smallest absolute Gasteiger partial charge is 0.435 e. The zero-order chi connectivity index (χ0) is 23.6. The van der Waals surface area contributed by atoms with E-state index in [9.17, 15) is 18.0 Å². The maximum atomic E-state index is 13.2. The van der Waals surface area contributed by atoms with Gasteiger partial charge >= 0.3 is 6.18 Å². The molecule has 0 fully saturated rings. The van der Waals surface area contributed by atoms with Gasteiger partial charge in [-0.2, -0.15) is 28.1 Å². The lowest BCUT2D eigenvalue weighted by molar-refractivity contribution is -0.141. The molecule has 1 N–H and O–H groups in total. The van der Waals surface area contributed by atoms with Crippen molar-refractivity contribution in [2.75, 3.05) is 11.9 Å². The molecule has 4 rings (SSSR count). The molecular weight excluding hydrogens is 459 g/mol. The van der Waals surface area contributed by atoms with Crippen LogP contribution in [0.15, 0.2) is 66.7 Å². The van der Waals surface area contributed by atoms with Crippen molar-refractivity contribution in [3.05, 3.63) is 77.4 Å². The van der Waals surface area contributed by atoms with Crippen LogP contribution in [-0.2, 0) is 18.0 Å². The number of ether oxygens (including phenoxy) is 1. The van der Waals surface area contributed by atoms with Gasteiger partial charge in [-0.25, -0.2) is 0 Å². The Hall–Kier alpha value is -3.79. The highest BCUT2D eigenvalue weighted by molar-refractivity contribution is 6.32. The van der Waals surface area contributed by atoms with Crippen molar-refractivity contribution in [1.82, 2.24) is 19.6 Å². The number of halogens is 4. The van der Waals surface area contributed by atoms with Crippen molar-refractivity contribution in [2.45, 2.75) is 6.18 Å². The largest absolute Gasteiger partial charge is 0.467 e. The zero-order valence-corrected chi connectivity index (χ0v) is 17.9. The maximum Gasteiger partial charge on any atom is 0.435 e. The fraction of sp³-hybridized carbons (Fsp3) is 0.136. The molecule has 0 aliphatic rings. The summed E-state index contributed by atoms with van der Waals surface area (Å²) >= 11 is 6.11. The molecule has 0 radical (unpaired) electrons. The molecule has 4 aromatic rings. The molecule has 0 unspecified atom stereocenters. The summed E-state index contributed by atoms with van der Waals surface area (Å²) in [5.74, 6) is -0.461. The van der Waals surface area contributed by atoms with Gasteiger partial charge in [0.15, 0.2) is 12.3 Å². The van der Waals surface area contributed by atoms with Gasteiger partial charge in [0, 0.05) is 24.7 Å². The minimum atomic E-state index is -4.70. The molecule has 170 valence electrons.